The Morgan fingerprint density at radius 2 is 1.88 bits per heavy atom. The number of H-pyrrole nitrogens is 1. The molecule has 9 nitrogen and oxygen atoms in total. The van der Waals surface area contributed by atoms with Crippen molar-refractivity contribution >= 4 is 5.69 Å². The van der Waals surface area contributed by atoms with Crippen molar-refractivity contribution in [3.63, 3.8) is 0 Å². The van der Waals surface area contributed by atoms with Crippen LogP contribution in [0.25, 0.3) is 11.4 Å². The zero-order valence-corrected chi connectivity index (χ0v) is 14.2. The fraction of sp³-hybridized carbons (Fsp3) is 0.176. The molecular weight excluding hydrogens is 338 g/mol. The molecule has 3 aromatic rings. The van der Waals surface area contributed by atoms with E-state index in [9.17, 15) is 10.1 Å². The first-order chi connectivity index (χ1) is 12.5. The molecule has 0 amide bonds. The summed E-state index contributed by atoms with van der Waals surface area (Å²) >= 11 is 0. The Labute approximate surface area is 148 Å². The second-order valence-electron chi connectivity index (χ2n) is 5.41. The molecule has 3 N–H and O–H groups in total. The molecule has 2 aromatic carbocycles. The SMILES string of the molecule is COc1ccc([C@@H](N)c2nc(-c3ccccc3[N+](=O)[O-])n[nH]2)cc1OC. The number of nitrogens with one attached hydrogen (secondary N) is 1. The summed E-state index contributed by atoms with van der Waals surface area (Å²) in [4.78, 5) is 15.0. The van der Waals surface area contributed by atoms with E-state index in [1.807, 2.05) is 0 Å². The van der Waals surface area contributed by atoms with E-state index in [1.165, 1.54) is 13.2 Å². The molecule has 134 valence electrons. The molecule has 1 aromatic heterocycles. The molecule has 0 fully saturated rings. The number of methoxy groups -OCH3 is 2. The van der Waals surface area contributed by atoms with Gasteiger partial charge in [0.2, 0.25) is 0 Å². The van der Waals surface area contributed by atoms with Crippen LogP contribution < -0.4 is 15.2 Å². The lowest BCUT2D eigenvalue weighted by atomic mass is 10.1. The Bertz CT molecular complexity index is 940. The summed E-state index contributed by atoms with van der Waals surface area (Å²) in [5.74, 6) is 1.72. The number of nitro benzene ring substituents is 1. The van der Waals surface area contributed by atoms with Crippen LogP contribution in [0, 0.1) is 10.1 Å². The third-order valence-corrected chi connectivity index (χ3v) is 3.91. The lowest BCUT2D eigenvalue weighted by molar-refractivity contribution is -0.384. The van der Waals surface area contributed by atoms with Gasteiger partial charge in [-0.2, -0.15) is 5.10 Å². The minimum Gasteiger partial charge on any atom is -0.493 e. The van der Waals surface area contributed by atoms with E-state index in [1.54, 1.807) is 43.5 Å². The third kappa shape index (κ3) is 3.20. The Morgan fingerprint density at radius 3 is 2.58 bits per heavy atom. The van der Waals surface area contributed by atoms with Crippen molar-refractivity contribution < 1.29 is 14.4 Å². The van der Waals surface area contributed by atoms with E-state index >= 15 is 0 Å². The molecule has 0 bridgehead atoms. The molecule has 0 radical (unpaired) electrons. The van der Waals surface area contributed by atoms with Gasteiger partial charge < -0.3 is 15.2 Å². The second-order valence-corrected chi connectivity index (χ2v) is 5.41. The van der Waals surface area contributed by atoms with Crippen molar-refractivity contribution in [2.75, 3.05) is 14.2 Å². The van der Waals surface area contributed by atoms with Crippen LogP contribution in [0.2, 0.25) is 0 Å². The smallest absolute Gasteiger partial charge is 0.280 e. The lowest BCUT2D eigenvalue weighted by Crippen LogP contribution is -2.14. The molecule has 1 atom stereocenters. The third-order valence-electron chi connectivity index (χ3n) is 3.91. The van der Waals surface area contributed by atoms with Crippen LogP contribution in [0.15, 0.2) is 42.5 Å². The first-order valence-electron chi connectivity index (χ1n) is 7.68. The van der Waals surface area contributed by atoms with Crippen LogP contribution in [-0.4, -0.2) is 34.3 Å². The minimum absolute atomic E-state index is 0.0715. The zero-order valence-electron chi connectivity index (χ0n) is 14.2. The number of para-hydroxylation sites is 1. The number of benzene rings is 2. The van der Waals surface area contributed by atoms with Gasteiger partial charge in [-0.05, 0) is 23.8 Å². The molecule has 0 spiro atoms. The van der Waals surface area contributed by atoms with Gasteiger partial charge in [0.05, 0.1) is 30.7 Å². The van der Waals surface area contributed by atoms with Crippen molar-refractivity contribution in [2.45, 2.75) is 6.04 Å². The standard InChI is InChI=1S/C17H17N5O4/c1-25-13-8-7-10(9-14(13)26-2)15(18)17-19-16(20-21-17)11-5-3-4-6-12(11)22(23)24/h3-9,15H,18H2,1-2H3,(H,19,20,21)/t15-/m1/s1. The summed E-state index contributed by atoms with van der Waals surface area (Å²) in [6, 6.07) is 10.9. The summed E-state index contributed by atoms with van der Waals surface area (Å²) in [5.41, 5.74) is 7.23. The van der Waals surface area contributed by atoms with E-state index in [0.29, 0.717) is 22.9 Å². The normalized spacial score (nSPS) is 11.8. The molecule has 0 aliphatic carbocycles. The molecule has 3 rings (SSSR count). The maximum atomic E-state index is 11.2. The van der Waals surface area contributed by atoms with Crippen molar-refractivity contribution in [1.29, 1.82) is 0 Å². The molecule has 0 aliphatic heterocycles. The first-order valence-corrected chi connectivity index (χ1v) is 7.68. The monoisotopic (exact) mass is 355 g/mol. The van der Waals surface area contributed by atoms with E-state index in [4.69, 9.17) is 15.2 Å². The fourth-order valence-electron chi connectivity index (χ4n) is 2.56. The van der Waals surface area contributed by atoms with Crippen LogP contribution in [0.4, 0.5) is 5.69 Å². The number of hydrogen-bond donors (Lipinski definition) is 2. The molecular formula is C17H17N5O4. The maximum Gasteiger partial charge on any atom is 0.280 e. The van der Waals surface area contributed by atoms with E-state index in [-0.39, 0.29) is 11.5 Å². The Hall–Kier alpha value is -3.46. The molecule has 0 saturated heterocycles. The Kier molecular flexibility index (Phi) is 4.81. The van der Waals surface area contributed by atoms with Gasteiger partial charge in [-0.25, -0.2) is 4.98 Å². The van der Waals surface area contributed by atoms with Crippen molar-refractivity contribution in [2.24, 2.45) is 5.73 Å². The zero-order chi connectivity index (χ0) is 18.7. The van der Waals surface area contributed by atoms with E-state index in [2.05, 4.69) is 15.2 Å². The topological polar surface area (TPSA) is 129 Å². The molecule has 26 heavy (non-hydrogen) atoms. The van der Waals surface area contributed by atoms with Crippen LogP contribution in [0.3, 0.4) is 0 Å². The summed E-state index contributed by atoms with van der Waals surface area (Å²) < 4.78 is 10.5. The van der Waals surface area contributed by atoms with Gasteiger partial charge in [0.1, 0.15) is 5.82 Å². The van der Waals surface area contributed by atoms with Gasteiger partial charge in [0.25, 0.3) is 5.69 Å². The summed E-state index contributed by atoms with van der Waals surface area (Å²) in [5, 5.41) is 18.0. The molecule has 0 saturated carbocycles. The number of hydrogen-bond acceptors (Lipinski definition) is 7. The quantitative estimate of drug-likeness (QED) is 0.513. The maximum absolute atomic E-state index is 11.2. The summed E-state index contributed by atoms with van der Waals surface area (Å²) in [6.45, 7) is 0. The molecule has 0 unspecified atom stereocenters. The Balaban J connectivity index is 1.94. The summed E-state index contributed by atoms with van der Waals surface area (Å²) in [7, 11) is 3.08. The molecule has 0 aliphatic rings. The number of nitrogens with zero attached hydrogens (tertiary/aromatic N) is 3. The number of nitrogens with two attached hydrogens (primary N) is 1. The van der Waals surface area contributed by atoms with Crippen LogP contribution in [-0.2, 0) is 0 Å². The predicted octanol–water partition coefficient (Wildman–Crippen LogP) is 2.45. The van der Waals surface area contributed by atoms with E-state index in [0.717, 1.165) is 5.56 Å². The fourth-order valence-corrected chi connectivity index (χ4v) is 2.56. The van der Waals surface area contributed by atoms with Gasteiger partial charge in [-0.1, -0.05) is 18.2 Å². The van der Waals surface area contributed by atoms with Gasteiger partial charge in [-0.15, -0.1) is 0 Å². The average Bonchev–Trinajstić information content (AvgIpc) is 3.16. The number of nitro groups is 1. The van der Waals surface area contributed by atoms with Gasteiger partial charge in [-0.3, -0.25) is 15.2 Å². The van der Waals surface area contributed by atoms with Gasteiger partial charge in [0, 0.05) is 6.07 Å². The number of aromatic nitrogens is 3. The second kappa shape index (κ2) is 7.19. The largest absolute Gasteiger partial charge is 0.493 e. The van der Waals surface area contributed by atoms with Crippen molar-refractivity contribution in [3.05, 3.63) is 64.0 Å². The van der Waals surface area contributed by atoms with Gasteiger partial charge in [0.15, 0.2) is 17.3 Å². The molecule has 9 heteroatoms. The Morgan fingerprint density at radius 1 is 1.15 bits per heavy atom. The number of ether oxygens (including phenoxy) is 2. The van der Waals surface area contributed by atoms with Crippen LogP contribution in [0.1, 0.15) is 17.4 Å². The predicted molar refractivity (Wildman–Crippen MR) is 94.0 cm³/mol. The van der Waals surface area contributed by atoms with Crippen molar-refractivity contribution in [1.82, 2.24) is 15.2 Å². The number of rotatable bonds is 6. The highest BCUT2D eigenvalue weighted by Crippen LogP contribution is 2.32. The highest BCUT2D eigenvalue weighted by Gasteiger charge is 2.21. The van der Waals surface area contributed by atoms with Gasteiger partial charge >= 0.3 is 0 Å². The van der Waals surface area contributed by atoms with Crippen LogP contribution in [0.5, 0.6) is 11.5 Å². The molecule has 1 heterocycles. The van der Waals surface area contributed by atoms with E-state index < -0.39 is 11.0 Å². The average molecular weight is 355 g/mol. The number of aromatic amines is 1. The minimum atomic E-state index is -0.612. The first kappa shape index (κ1) is 17.4. The van der Waals surface area contributed by atoms with Crippen LogP contribution >= 0.6 is 0 Å². The van der Waals surface area contributed by atoms with Crippen molar-refractivity contribution in [3.8, 4) is 22.9 Å². The summed E-state index contributed by atoms with van der Waals surface area (Å²) in [6.07, 6.45) is 0. The highest BCUT2D eigenvalue weighted by molar-refractivity contribution is 5.67. The lowest BCUT2D eigenvalue weighted by Gasteiger charge is -2.13. The highest BCUT2D eigenvalue weighted by atomic mass is 16.6.